The highest BCUT2D eigenvalue weighted by atomic mass is 32.2. The van der Waals surface area contributed by atoms with E-state index in [9.17, 15) is 4.79 Å². The summed E-state index contributed by atoms with van der Waals surface area (Å²) in [7, 11) is 1.65. The Morgan fingerprint density at radius 1 is 1.06 bits per heavy atom. The van der Waals surface area contributed by atoms with Crippen molar-refractivity contribution < 1.29 is 9.53 Å². The molecule has 3 heterocycles. The Kier molecular flexibility index (Phi) is 6.20. The lowest BCUT2D eigenvalue weighted by atomic mass is 10.3. The molecule has 2 aromatic heterocycles. The van der Waals surface area contributed by atoms with Crippen molar-refractivity contribution in [3.63, 3.8) is 0 Å². The van der Waals surface area contributed by atoms with Crippen molar-refractivity contribution in [2.45, 2.75) is 10.1 Å². The van der Waals surface area contributed by atoms with E-state index in [-0.39, 0.29) is 11.7 Å². The number of fused-ring (bicyclic) bond motifs is 1. The van der Waals surface area contributed by atoms with Gasteiger partial charge in [0.05, 0.1) is 29.1 Å². The third-order valence-corrected chi connectivity index (χ3v) is 7.88. The van der Waals surface area contributed by atoms with Crippen LogP contribution in [0.25, 0.3) is 16.4 Å². The van der Waals surface area contributed by atoms with Crippen LogP contribution < -0.4 is 9.64 Å². The van der Waals surface area contributed by atoms with Gasteiger partial charge in [0, 0.05) is 17.2 Å². The van der Waals surface area contributed by atoms with Crippen molar-refractivity contribution in [1.82, 2.24) is 14.8 Å². The number of benzene rings is 2. The average Bonchev–Trinajstić information content (AvgIpc) is 3.52. The van der Waals surface area contributed by atoms with Gasteiger partial charge in [-0.2, -0.15) is 0 Å². The number of amides is 1. The zero-order chi connectivity index (χ0) is 21.9. The van der Waals surface area contributed by atoms with E-state index in [2.05, 4.69) is 16.3 Å². The minimum absolute atomic E-state index is 0.0648. The number of hydrogen-bond acceptors (Lipinski definition) is 7. The molecule has 162 valence electrons. The fraction of sp³-hybridized carbons (Fsp3) is 0.174. The third-order valence-electron chi connectivity index (χ3n) is 5.06. The smallest absolute Gasteiger partial charge is 0.237 e. The molecule has 0 saturated heterocycles. The predicted molar refractivity (Wildman–Crippen MR) is 131 cm³/mol. The summed E-state index contributed by atoms with van der Waals surface area (Å²) in [5.41, 5.74) is 1.83. The molecule has 0 bridgehead atoms. The highest BCUT2D eigenvalue weighted by Crippen LogP contribution is 2.36. The fourth-order valence-electron chi connectivity index (χ4n) is 3.59. The summed E-state index contributed by atoms with van der Waals surface area (Å²) in [6.45, 7) is 0.709. The lowest BCUT2D eigenvalue weighted by Gasteiger charge is -2.28. The molecule has 32 heavy (non-hydrogen) atoms. The van der Waals surface area contributed by atoms with E-state index in [4.69, 9.17) is 4.74 Å². The molecule has 0 radical (unpaired) electrons. The van der Waals surface area contributed by atoms with Gasteiger partial charge in [-0.1, -0.05) is 42.1 Å². The second-order valence-electron chi connectivity index (χ2n) is 6.94. The number of hydrogen-bond donors (Lipinski definition) is 0. The van der Waals surface area contributed by atoms with Gasteiger partial charge >= 0.3 is 0 Å². The van der Waals surface area contributed by atoms with Crippen LogP contribution in [-0.4, -0.2) is 45.8 Å². The largest absolute Gasteiger partial charge is 0.495 e. The first kappa shape index (κ1) is 21.1. The van der Waals surface area contributed by atoms with Gasteiger partial charge in [-0.25, -0.2) is 0 Å². The number of ether oxygens (including phenoxy) is 1. The van der Waals surface area contributed by atoms with E-state index in [0.717, 1.165) is 38.5 Å². The Hall–Kier alpha value is -2.75. The SMILES string of the molecule is COc1ccccc1-n1c(SCC(=O)N2CCSc3ccccc32)nnc1-c1cccs1. The van der Waals surface area contributed by atoms with E-state index >= 15 is 0 Å². The Morgan fingerprint density at radius 3 is 2.69 bits per heavy atom. The second-order valence-corrected chi connectivity index (χ2v) is 9.97. The number of aromatic nitrogens is 3. The number of carbonyl (C=O) groups excluding carboxylic acids is 1. The lowest BCUT2D eigenvalue weighted by molar-refractivity contribution is -0.116. The third kappa shape index (κ3) is 4.03. The number of thiophene rings is 1. The molecule has 1 amide bonds. The van der Waals surface area contributed by atoms with Crippen LogP contribution in [0.2, 0.25) is 0 Å². The van der Waals surface area contributed by atoms with Crippen LogP contribution in [0.1, 0.15) is 0 Å². The molecule has 0 saturated carbocycles. The first-order valence-corrected chi connectivity index (χ1v) is 12.9. The van der Waals surface area contributed by atoms with Gasteiger partial charge in [-0.3, -0.25) is 9.36 Å². The molecule has 1 aliphatic rings. The summed E-state index contributed by atoms with van der Waals surface area (Å²) < 4.78 is 7.57. The minimum Gasteiger partial charge on any atom is -0.495 e. The molecule has 0 unspecified atom stereocenters. The Balaban J connectivity index is 1.45. The molecule has 6 nitrogen and oxygen atoms in total. The van der Waals surface area contributed by atoms with Crippen LogP contribution >= 0.6 is 34.9 Å². The highest BCUT2D eigenvalue weighted by molar-refractivity contribution is 8.00. The molecule has 0 N–H and O–H groups in total. The van der Waals surface area contributed by atoms with Crippen LogP contribution in [0.4, 0.5) is 5.69 Å². The van der Waals surface area contributed by atoms with Crippen molar-refractivity contribution in [2.75, 3.05) is 30.1 Å². The number of thioether (sulfide) groups is 2. The lowest BCUT2D eigenvalue weighted by Crippen LogP contribution is -2.36. The van der Waals surface area contributed by atoms with Crippen LogP contribution in [0.5, 0.6) is 5.75 Å². The number of rotatable bonds is 6. The van der Waals surface area contributed by atoms with E-state index in [1.54, 1.807) is 30.2 Å². The van der Waals surface area contributed by atoms with E-state index in [1.165, 1.54) is 11.8 Å². The maximum Gasteiger partial charge on any atom is 0.237 e. The number of anilines is 1. The Labute approximate surface area is 198 Å². The van der Waals surface area contributed by atoms with Crippen molar-refractivity contribution in [1.29, 1.82) is 0 Å². The molecular formula is C23H20N4O2S3. The zero-order valence-electron chi connectivity index (χ0n) is 17.3. The van der Waals surface area contributed by atoms with Crippen molar-refractivity contribution in [2.24, 2.45) is 0 Å². The molecule has 2 aromatic carbocycles. The van der Waals surface area contributed by atoms with Crippen molar-refractivity contribution >= 4 is 46.5 Å². The Bertz CT molecular complexity index is 1240. The van der Waals surface area contributed by atoms with Crippen LogP contribution in [0.15, 0.2) is 76.1 Å². The van der Waals surface area contributed by atoms with Gasteiger partial charge in [-0.15, -0.1) is 33.3 Å². The quantitative estimate of drug-likeness (QED) is 0.352. The van der Waals surface area contributed by atoms with Crippen molar-refractivity contribution in [3.05, 3.63) is 66.0 Å². The van der Waals surface area contributed by atoms with Gasteiger partial charge in [0.2, 0.25) is 5.91 Å². The summed E-state index contributed by atoms with van der Waals surface area (Å²) in [6, 6.07) is 19.8. The molecule has 9 heteroatoms. The fourth-order valence-corrected chi connectivity index (χ4v) is 6.11. The molecule has 0 atom stereocenters. The second kappa shape index (κ2) is 9.40. The maximum absolute atomic E-state index is 13.2. The van der Waals surface area contributed by atoms with Crippen molar-refractivity contribution in [3.8, 4) is 22.1 Å². The normalized spacial score (nSPS) is 13.1. The van der Waals surface area contributed by atoms with Gasteiger partial charge in [0.15, 0.2) is 11.0 Å². The summed E-state index contributed by atoms with van der Waals surface area (Å²) in [5, 5.41) is 11.6. The van der Waals surface area contributed by atoms with Crippen LogP contribution in [0, 0.1) is 0 Å². The van der Waals surface area contributed by atoms with Crippen LogP contribution in [-0.2, 0) is 4.79 Å². The molecule has 1 aliphatic heterocycles. The van der Waals surface area contributed by atoms with E-state index < -0.39 is 0 Å². The number of carbonyl (C=O) groups is 1. The minimum atomic E-state index is 0.0648. The van der Waals surface area contributed by atoms with Gasteiger partial charge in [0.1, 0.15) is 5.75 Å². The van der Waals surface area contributed by atoms with Gasteiger partial charge < -0.3 is 9.64 Å². The summed E-state index contributed by atoms with van der Waals surface area (Å²) >= 11 is 4.79. The van der Waals surface area contributed by atoms with E-state index in [1.807, 2.05) is 69.4 Å². The zero-order valence-corrected chi connectivity index (χ0v) is 19.8. The monoisotopic (exact) mass is 480 g/mol. The van der Waals surface area contributed by atoms with Crippen LogP contribution in [0.3, 0.4) is 0 Å². The molecule has 0 fully saturated rings. The van der Waals surface area contributed by atoms with Gasteiger partial charge in [0.25, 0.3) is 0 Å². The van der Waals surface area contributed by atoms with E-state index in [0.29, 0.717) is 11.7 Å². The molecular weight excluding hydrogens is 460 g/mol. The topological polar surface area (TPSA) is 60.2 Å². The predicted octanol–water partition coefficient (Wildman–Crippen LogP) is 5.24. The Morgan fingerprint density at radius 2 is 1.88 bits per heavy atom. The molecule has 4 aromatic rings. The summed E-state index contributed by atoms with van der Waals surface area (Å²) in [4.78, 5) is 17.2. The number of nitrogens with zero attached hydrogens (tertiary/aromatic N) is 4. The summed E-state index contributed by atoms with van der Waals surface area (Å²) in [6.07, 6.45) is 0. The summed E-state index contributed by atoms with van der Waals surface area (Å²) in [5.74, 6) is 2.69. The average molecular weight is 481 g/mol. The molecule has 5 rings (SSSR count). The number of para-hydroxylation sites is 3. The van der Waals surface area contributed by atoms with Gasteiger partial charge in [-0.05, 0) is 35.7 Å². The molecule has 0 spiro atoms. The number of methoxy groups -OCH3 is 1. The molecule has 0 aliphatic carbocycles. The highest BCUT2D eigenvalue weighted by Gasteiger charge is 2.25. The first-order valence-electron chi connectivity index (χ1n) is 10.0. The first-order chi connectivity index (χ1) is 15.8. The maximum atomic E-state index is 13.2. The standard InChI is InChI=1S/C23H20N4O2S3/c1-29-18-9-4-2-7-16(18)27-22(20-11-6-13-30-20)24-25-23(27)32-15-21(28)26-12-14-31-19-10-5-3-8-17(19)26/h2-11,13H,12,14-15H2,1H3.